The standard InChI is InChI=1S/C66H52BN2O/c1-64(2,3)40-26-28-41(29-27-40)68-56-36-54-46(42-22-14-16-24-51(42)66(54,6)7)32-48(56)44-30-31-45-49-33-53-47(43-23-15-17-25-52(43)65(53,4)5)34-57(49)69-58-35-50-59(37-55(58)67-61(44)62(45)69)70-63(39-20-12-9-13-21-39)60(50)38-18-10-8-11-19-38/h8-37,68H,1-7H3. The fourth-order valence-corrected chi connectivity index (χ4v) is 12.5. The van der Waals surface area contributed by atoms with E-state index >= 15 is 0 Å². The molecule has 1 radical (unpaired) electrons. The molecule has 3 aliphatic rings. The van der Waals surface area contributed by atoms with Gasteiger partial charge in [0, 0.05) is 66.3 Å². The molecule has 0 bridgehead atoms. The first-order chi connectivity index (χ1) is 33.8. The number of nitrogens with zero attached hydrogens (tertiary/aromatic N) is 1. The maximum Gasteiger partial charge on any atom is 0.198 e. The summed E-state index contributed by atoms with van der Waals surface area (Å²) in [5.41, 5.74) is 26.4. The van der Waals surface area contributed by atoms with Gasteiger partial charge in [-0.15, -0.1) is 0 Å². The first-order valence-corrected chi connectivity index (χ1v) is 24.8. The third-order valence-electron chi connectivity index (χ3n) is 16.2. The van der Waals surface area contributed by atoms with E-state index in [2.05, 4.69) is 248 Å². The Bertz CT molecular complexity index is 4010. The molecule has 0 unspecified atom stereocenters. The molecule has 0 fully saturated rings. The van der Waals surface area contributed by atoms with Crippen LogP contribution in [0.5, 0.6) is 0 Å². The highest BCUT2D eigenvalue weighted by Crippen LogP contribution is 2.54. The molecule has 70 heavy (non-hydrogen) atoms. The molecule has 0 saturated carbocycles. The molecule has 11 aromatic rings. The van der Waals surface area contributed by atoms with Crippen LogP contribution in [0.25, 0.3) is 94.3 Å². The number of benzene rings is 9. The Hall–Kier alpha value is -7.82. The van der Waals surface area contributed by atoms with Gasteiger partial charge in [-0.1, -0.05) is 187 Å². The number of aromatic nitrogens is 1. The second-order valence-corrected chi connectivity index (χ2v) is 22.0. The molecule has 0 saturated heterocycles. The molecule has 1 N–H and O–H groups in total. The van der Waals surface area contributed by atoms with E-state index in [0.29, 0.717) is 0 Å². The zero-order valence-corrected chi connectivity index (χ0v) is 40.8. The SMILES string of the molecule is CC(C)(C)c1ccc(Nc2cc3c(cc2-c2ccc4c5cc6c(cc5n5c4c2[B]c2cc4oc(-c7ccccc7)c(-c7ccccc7)c4cc2-5)-c2ccccc2C6(C)C)-c2ccccc2C3(C)C)cc1. The molecule has 1 aliphatic heterocycles. The summed E-state index contributed by atoms with van der Waals surface area (Å²) in [6.45, 7) is 16.3. The second kappa shape index (κ2) is 14.4. The number of nitrogens with one attached hydrogen (secondary N) is 1. The van der Waals surface area contributed by atoms with Gasteiger partial charge in [-0.05, 0) is 121 Å². The van der Waals surface area contributed by atoms with Crippen molar-refractivity contribution < 1.29 is 4.42 Å². The van der Waals surface area contributed by atoms with Gasteiger partial charge in [0.25, 0.3) is 0 Å². The van der Waals surface area contributed by atoms with E-state index in [1.165, 1.54) is 88.5 Å². The zero-order valence-electron chi connectivity index (χ0n) is 40.8. The third kappa shape index (κ3) is 5.77. The summed E-state index contributed by atoms with van der Waals surface area (Å²) in [7, 11) is 2.44. The van der Waals surface area contributed by atoms with E-state index in [4.69, 9.17) is 4.42 Å². The summed E-state index contributed by atoms with van der Waals surface area (Å²) < 4.78 is 9.64. The van der Waals surface area contributed by atoms with Crippen LogP contribution in [0.2, 0.25) is 0 Å². The van der Waals surface area contributed by atoms with E-state index < -0.39 is 0 Å². The van der Waals surface area contributed by atoms with Crippen molar-refractivity contribution in [2.75, 3.05) is 5.32 Å². The van der Waals surface area contributed by atoms with Crippen LogP contribution in [0.1, 0.15) is 76.3 Å². The molecule has 0 atom stereocenters. The lowest BCUT2D eigenvalue weighted by molar-refractivity contribution is 0.590. The van der Waals surface area contributed by atoms with Gasteiger partial charge in [0.2, 0.25) is 0 Å². The molecule has 4 heteroatoms. The molecular weight excluding hydrogens is 848 g/mol. The topological polar surface area (TPSA) is 30.1 Å². The summed E-state index contributed by atoms with van der Waals surface area (Å²) in [4.78, 5) is 0. The lowest BCUT2D eigenvalue weighted by Crippen LogP contribution is -2.37. The van der Waals surface area contributed by atoms with E-state index in [1.807, 2.05) is 0 Å². The highest BCUT2D eigenvalue weighted by molar-refractivity contribution is 6.73. The normalized spacial score (nSPS) is 14.6. The van der Waals surface area contributed by atoms with Crippen LogP contribution in [0.15, 0.2) is 186 Å². The van der Waals surface area contributed by atoms with Crippen LogP contribution >= 0.6 is 0 Å². The molecule has 0 spiro atoms. The Morgan fingerprint density at radius 1 is 0.500 bits per heavy atom. The number of furan rings is 1. The fraction of sp³-hybridized carbons (Fsp3) is 0.152. The highest BCUT2D eigenvalue weighted by atomic mass is 16.3. The Labute approximate surface area is 410 Å². The van der Waals surface area contributed by atoms with Crippen LogP contribution in [-0.4, -0.2) is 11.8 Å². The van der Waals surface area contributed by atoms with Crippen LogP contribution in [0.3, 0.4) is 0 Å². The monoisotopic (exact) mass is 899 g/mol. The molecule has 335 valence electrons. The third-order valence-corrected chi connectivity index (χ3v) is 16.2. The minimum absolute atomic E-state index is 0.0580. The van der Waals surface area contributed by atoms with Gasteiger partial charge in [-0.25, -0.2) is 0 Å². The predicted molar refractivity (Wildman–Crippen MR) is 295 cm³/mol. The molecule has 9 aromatic carbocycles. The Morgan fingerprint density at radius 3 is 1.79 bits per heavy atom. The summed E-state index contributed by atoms with van der Waals surface area (Å²) in [5, 5.41) is 7.62. The Morgan fingerprint density at radius 2 is 1.11 bits per heavy atom. The van der Waals surface area contributed by atoms with Crippen molar-refractivity contribution in [3.8, 4) is 61.5 Å². The molecule has 14 rings (SSSR count). The summed E-state index contributed by atoms with van der Waals surface area (Å²) >= 11 is 0. The van der Waals surface area contributed by atoms with Gasteiger partial charge in [0.15, 0.2) is 7.28 Å². The summed E-state index contributed by atoms with van der Waals surface area (Å²) in [5.74, 6) is 0.883. The Kier molecular flexibility index (Phi) is 8.45. The largest absolute Gasteiger partial charge is 0.455 e. The van der Waals surface area contributed by atoms with Crippen LogP contribution in [0.4, 0.5) is 11.4 Å². The molecule has 3 nitrogen and oxygen atoms in total. The van der Waals surface area contributed by atoms with Crippen LogP contribution in [-0.2, 0) is 16.2 Å². The summed E-state index contributed by atoms with van der Waals surface area (Å²) in [6, 6.07) is 67.7. The van der Waals surface area contributed by atoms with Gasteiger partial charge in [0.05, 0.1) is 5.52 Å². The quantitative estimate of drug-likeness (QED) is 0.174. The molecule has 2 aromatic heterocycles. The van der Waals surface area contributed by atoms with Crippen molar-refractivity contribution in [1.29, 1.82) is 0 Å². The lowest BCUT2D eigenvalue weighted by Gasteiger charge is -2.26. The van der Waals surface area contributed by atoms with E-state index in [1.54, 1.807) is 0 Å². The average molecular weight is 900 g/mol. The van der Waals surface area contributed by atoms with Crippen LogP contribution in [0, 0.1) is 0 Å². The lowest BCUT2D eigenvalue weighted by atomic mass is 9.59. The van der Waals surface area contributed by atoms with Gasteiger partial charge in [-0.3, -0.25) is 0 Å². The van der Waals surface area contributed by atoms with E-state index in [0.717, 1.165) is 55.9 Å². The number of anilines is 2. The molecular formula is C66H52BN2O. The predicted octanol–water partition coefficient (Wildman–Crippen LogP) is 16.2. The minimum atomic E-state index is -0.162. The number of hydrogen-bond acceptors (Lipinski definition) is 2. The molecule has 0 amide bonds. The first-order valence-electron chi connectivity index (χ1n) is 24.8. The number of fused-ring (bicyclic) bond motifs is 12. The zero-order chi connectivity index (χ0) is 47.4. The van der Waals surface area contributed by atoms with Gasteiger partial charge < -0.3 is 14.3 Å². The highest BCUT2D eigenvalue weighted by Gasteiger charge is 2.39. The molecule has 3 heterocycles. The van der Waals surface area contributed by atoms with Crippen molar-refractivity contribution in [1.82, 2.24) is 4.57 Å². The van der Waals surface area contributed by atoms with Gasteiger partial charge in [0.1, 0.15) is 11.3 Å². The van der Waals surface area contributed by atoms with Crippen molar-refractivity contribution >= 4 is 62.4 Å². The molecule has 2 aliphatic carbocycles. The van der Waals surface area contributed by atoms with Crippen LogP contribution < -0.4 is 16.2 Å². The maximum atomic E-state index is 7.05. The summed E-state index contributed by atoms with van der Waals surface area (Å²) in [6.07, 6.45) is 0. The smallest absolute Gasteiger partial charge is 0.198 e. The first kappa shape index (κ1) is 41.2. The average Bonchev–Trinajstić information content (AvgIpc) is 4.04. The Balaban J connectivity index is 1.07. The minimum Gasteiger partial charge on any atom is -0.455 e. The second-order valence-electron chi connectivity index (χ2n) is 22.0. The van der Waals surface area contributed by atoms with Crippen molar-refractivity contribution in [2.45, 2.75) is 64.7 Å². The van der Waals surface area contributed by atoms with Crippen molar-refractivity contribution in [3.63, 3.8) is 0 Å². The van der Waals surface area contributed by atoms with E-state index in [9.17, 15) is 0 Å². The van der Waals surface area contributed by atoms with Crippen molar-refractivity contribution in [2.24, 2.45) is 0 Å². The fourth-order valence-electron chi connectivity index (χ4n) is 12.5. The van der Waals surface area contributed by atoms with Gasteiger partial charge >= 0.3 is 0 Å². The number of rotatable bonds is 5. The van der Waals surface area contributed by atoms with E-state index in [-0.39, 0.29) is 16.2 Å². The van der Waals surface area contributed by atoms with Gasteiger partial charge in [-0.2, -0.15) is 0 Å². The number of hydrogen-bond donors (Lipinski definition) is 1. The van der Waals surface area contributed by atoms with Crippen molar-refractivity contribution in [3.05, 3.63) is 210 Å². The maximum absolute atomic E-state index is 7.05.